The van der Waals surface area contributed by atoms with Gasteiger partial charge in [0.25, 0.3) is 5.91 Å². The number of carbonyl (C=O) groups excluding carboxylic acids is 2. The number of hydrogen-bond donors (Lipinski definition) is 1. The van der Waals surface area contributed by atoms with E-state index in [9.17, 15) is 9.59 Å². The topological polar surface area (TPSA) is 62.6 Å². The molecule has 1 aliphatic heterocycles. The summed E-state index contributed by atoms with van der Waals surface area (Å²) in [5.74, 6) is 1.21. The Hall–Kier alpha value is -1.78. The van der Waals surface area contributed by atoms with Crippen molar-refractivity contribution in [1.82, 2.24) is 10.2 Å². The highest BCUT2D eigenvalue weighted by molar-refractivity contribution is 5.91. The van der Waals surface area contributed by atoms with E-state index in [1.54, 1.807) is 6.07 Å². The summed E-state index contributed by atoms with van der Waals surface area (Å²) in [4.78, 5) is 25.0. The van der Waals surface area contributed by atoms with Crippen LogP contribution in [0.2, 0.25) is 0 Å². The summed E-state index contributed by atoms with van der Waals surface area (Å²) in [6, 6.07) is 3.51. The molecule has 1 aromatic rings. The highest BCUT2D eigenvalue weighted by Gasteiger charge is 2.19. The lowest BCUT2D eigenvalue weighted by molar-refractivity contribution is -0.127. The minimum absolute atomic E-state index is 0.188. The molecule has 0 bridgehead atoms. The van der Waals surface area contributed by atoms with Crippen molar-refractivity contribution in [1.29, 1.82) is 0 Å². The zero-order valence-electron chi connectivity index (χ0n) is 11.3. The van der Waals surface area contributed by atoms with Gasteiger partial charge >= 0.3 is 0 Å². The maximum Gasteiger partial charge on any atom is 0.286 e. The molecule has 0 radical (unpaired) electrons. The van der Waals surface area contributed by atoms with Crippen LogP contribution in [0.15, 0.2) is 16.5 Å². The lowest BCUT2D eigenvalue weighted by Crippen LogP contribution is -2.30. The maximum atomic E-state index is 11.7. The predicted octanol–water partition coefficient (Wildman–Crippen LogP) is 1.58. The van der Waals surface area contributed by atoms with Crippen molar-refractivity contribution in [2.24, 2.45) is 0 Å². The number of nitrogens with zero attached hydrogens (tertiary/aromatic N) is 1. The largest absolute Gasteiger partial charge is 0.456 e. The number of rotatable bonds is 6. The van der Waals surface area contributed by atoms with Gasteiger partial charge in [-0.25, -0.2) is 0 Å². The molecular formula is C14H20N2O3. The number of amides is 2. The summed E-state index contributed by atoms with van der Waals surface area (Å²) in [5, 5.41) is 2.80. The number of likely N-dealkylation sites (tertiary alicyclic amines) is 1. The Morgan fingerprint density at radius 1 is 1.47 bits per heavy atom. The monoisotopic (exact) mass is 264 g/mol. The smallest absolute Gasteiger partial charge is 0.286 e. The molecule has 19 heavy (non-hydrogen) atoms. The Kier molecular flexibility index (Phi) is 4.60. The van der Waals surface area contributed by atoms with Crippen LogP contribution in [0.1, 0.15) is 42.5 Å². The molecule has 2 amide bonds. The van der Waals surface area contributed by atoms with Crippen LogP contribution < -0.4 is 5.32 Å². The second-order valence-electron chi connectivity index (χ2n) is 4.71. The van der Waals surface area contributed by atoms with Crippen LogP contribution >= 0.6 is 0 Å². The fourth-order valence-corrected chi connectivity index (χ4v) is 2.19. The molecule has 2 rings (SSSR count). The van der Waals surface area contributed by atoms with Gasteiger partial charge in [-0.05, 0) is 25.0 Å². The molecule has 2 heterocycles. The highest BCUT2D eigenvalue weighted by Crippen LogP contribution is 2.10. The molecule has 5 nitrogen and oxygen atoms in total. The third-order valence-electron chi connectivity index (χ3n) is 3.30. The van der Waals surface area contributed by atoms with Gasteiger partial charge in [0.15, 0.2) is 5.76 Å². The number of nitrogens with one attached hydrogen (secondary N) is 1. The second kappa shape index (κ2) is 6.41. The van der Waals surface area contributed by atoms with Gasteiger partial charge in [-0.2, -0.15) is 0 Å². The molecule has 1 saturated heterocycles. The molecule has 104 valence electrons. The first-order chi connectivity index (χ1) is 9.20. The Morgan fingerprint density at radius 3 is 2.95 bits per heavy atom. The number of carbonyl (C=O) groups is 2. The van der Waals surface area contributed by atoms with Crippen molar-refractivity contribution in [3.05, 3.63) is 23.7 Å². The van der Waals surface area contributed by atoms with E-state index in [1.807, 2.05) is 17.9 Å². The van der Waals surface area contributed by atoms with Crippen molar-refractivity contribution in [3.63, 3.8) is 0 Å². The first kappa shape index (κ1) is 13.6. The predicted molar refractivity (Wildman–Crippen MR) is 70.9 cm³/mol. The molecule has 0 aromatic carbocycles. The second-order valence-corrected chi connectivity index (χ2v) is 4.71. The van der Waals surface area contributed by atoms with Gasteiger partial charge in [0.05, 0.1) is 0 Å². The van der Waals surface area contributed by atoms with Crippen LogP contribution in [0, 0.1) is 0 Å². The molecule has 1 aromatic heterocycles. The van der Waals surface area contributed by atoms with Gasteiger partial charge in [-0.15, -0.1) is 0 Å². The van der Waals surface area contributed by atoms with E-state index in [4.69, 9.17) is 4.42 Å². The van der Waals surface area contributed by atoms with E-state index in [0.717, 1.165) is 38.1 Å². The fraction of sp³-hybridized carbons (Fsp3) is 0.571. The summed E-state index contributed by atoms with van der Waals surface area (Å²) in [6.45, 7) is 4.11. The van der Waals surface area contributed by atoms with Crippen LogP contribution in [-0.2, 0) is 11.2 Å². The van der Waals surface area contributed by atoms with Crippen molar-refractivity contribution in [2.75, 3.05) is 19.6 Å². The minimum atomic E-state index is -0.188. The standard InChI is InChI=1S/C14H20N2O3/c1-2-11-6-7-12(19-11)14(18)15-8-4-10-16-9-3-5-13(16)17/h6-7H,2-5,8-10H2,1H3,(H,15,18). The third-order valence-corrected chi connectivity index (χ3v) is 3.30. The van der Waals surface area contributed by atoms with Gasteiger partial charge in [0.1, 0.15) is 5.76 Å². The zero-order chi connectivity index (χ0) is 13.7. The van der Waals surface area contributed by atoms with Gasteiger partial charge in [0, 0.05) is 32.5 Å². The van der Waals surface area contributed by atoms with Crippen molar-refractivity contribution >= 4 is 11.8 Å². The lowest BCUT2D eigenvalue weighted by atomic mass is 10.3. The summed E-state index contributed by atoms with van der Waals surface area (Å²) in [6.07, 6.45) is 3.18. The van der Waals surface area contributed by atoms with E-state index in [-0.39, 0.29) is 11.8 Å². The van der Waals surface area contributed by atoms with Crippen LogP contribution in [-0.4, -0.2) is 36.3 Å². The Bertz CT molecular complexity index is 453. The molecule has 0 aliphatic carbocycles. The van der Waals surface area contributed by atoms with Crippen LogP contribution in [0.5, 0.6) is 0 Å². The van der Waals surface area contributed by atoms with Crippen LogP contribution in [0.3, 0.4) is 0 Å². The summed E-state index contributed by atoms with van der Waals surface area (Å²) in [7, 11) is 0. The van der Waals surface area contributed by atoms with E-state index in [1.165, 1.54) is 0 Å². The molecule has 0 saturated carbocycles. The summed E-state index contributed by atoms with van der Waals surface area (Å²) >= 11 is 0. The molecule has 0 unspecified atom stereocenters. The first-order valence-corrected chi connectivity index (χ1v) is 6.85. The normalized spacial score (nSPS) is 15.0. The molecule has 5 heteroatoms. The minimum Gasteiger partial charge on any atom is -0.456 e. The van der Waals surface area contributed by atoms with E-state index < -0.39 is 0 Å². The van der Waals surface area contributed by atoms with Gasteiger partial charge in [-0.1, -0.05) is 6.92 Å². The molecule has 0 spiro atoms. The van der Waals surface area contributed by atoms with Crippen molar-refractivity contribution < 1.29 is 14.0 Å². The third kappa shape index (κ3) is 3.59. The van der Waals surface area contributed by atoms with Gasteiger partial charge in [0.2, 0.25) is 5.91 Å². The highest BCUT2D eigenvalue weighted by atomic mass is 16.3. The first-order valence-electron chi connectivity index (χ1n) is 6.85. The van der Waals surface area contributed by atoms with Crippen LogP contribution in [0.25, 0.3) is 0 Å². The summed E-state index contributed by atoms with van der Waals surface area (Å²) < 4.78 is 5.37. The molecule has 1 aliphatic rings. The maximum absolute atomic E-state index is 11.7. The van der Waals surface area contributed by atoms with E-state index >= 15 is 0 Å². The fourth-order valence-electron chi connectivity index (χ4n) is 2.19. The Balaban J connectivity index is 1.67. The summed E-state index contributed by atoms with van der Waals surface area (Å²) in [5.41, 5.74) is 0. The molecular weight excluding hydrogens is 244 g/mol. The Morgan fingerprint density at radius 2 is 2.32 bits per heavy atom. The van der Waals surface area contributed by atoms with Gasteiger partial charge in [-0.3, -0.25) is 9.59 Å². The quantitative estimate of drug-likeness (QED) is 0.793. The molecule has 1 fully saturated rings. The van der Waals surface area contributed by atoms with Crippen molar-refractivity contribution in [3.8, 4) is 0 Å². The van der Waals surface area contributed by atoms with Crippen LogP contribution in [0.4, 0.5) is 0 Å². The molecule has 1 N–H and O–H groups in total. The number of hydrogen-bond acceptors (Lipinski definition) is 3. The zero-order valence-corrected chi connectivity index (χ0v) is 11.3. The number of furan rings is 1. The number of aryl methyl sites for hydroxylation is 1. The average molecular weight is 264 g/mol. The van der Waals surface area contributed by atoms with Gasteiger partial charge < -0.3 is 14.6 Å². The van der Waals surface area contributed by atoms with E-state index in [0.29, 0.717) is 18.7 Å². The lowest BCUT2D eigenvalue weighted by Gasteiger charge is -2.14. The SMILES string of the molecule is CCc1ccc(C(=O)NCCCN2CCCC2=O)o1. The van der Waals surface area contributed by atoms with Crippen molar-refractivity contribution in [2.45, 2.75) is 32.6 Å². The Labute approximate surface area is 113 Å². The van der Waals surface area contributed by atoms with E-state index in [2.05, 4.69) is 5.32 Å². The molecule has 0 atom stereocenters. The average Bonchev–Trinajstić information content (AvgIpc) is 3.03.